The predicted octanol–water partition coefficient (Wildman–Crippen LogP) is 2.02. The molecule has 2 N–H and O–H groups in total. The van der Waals surface area contributed by atoms with E-state index in [0.29, 0.717) is 43.6 Å². The number of nitrogens with one attached hydrogen (secondary N) is 1. The lowest BCUT2D eigenvalue weighted by molar-refractivity contribution is -0.149. The topological polar surface area (TPSA) is 75.6 Å². The molecule has 1 aliphatic heterocycles. The molecule has 1 unspecified atom stereocenters. The van der Waals surface area contributed by atoms with Crippen LogP contribution >= 0.6 is 0 Å². The molecule has 21 heavy (non-hydrogen) atoms. The molecule has 112 valence electrons. The van der Waals surface area contributed by atoms with Gasteiger partial charge in [0.25, 0.3) is 0 Å². The summed E-state index contributed by atoms with van der Waals surface area (Å²) in [5, 5.41) is 11.9. The zero-order valence-corrected chi connectivity index (χ0v) is 11.4. The fourth-order valence-electron chi connectivity index (χ4n) is 2.66. The standard InChI is InChI=1S/C15H16FNO4/c16-9-3-4-12-10(8-9)11(2-1-7-21-12)17-13(18)15(5-6-15)14(19)20/h3-4,8,11H,1-2,5-7H2,(H,17,18)(H,19,20). The number of amides is 1. The lowest BCUT2D eigenvalue weighted by Gasteiger charge is -2.20. The van der Waals surface area contributed by atoms with Crippen LogP contribution in [0.3, 0.4) is 0 Å². The second-order valence-corrected chi connectivity index (χ2v) is 5.59. The average Bonchev–Trinajstić information content (AvgIpc) is 3.24. The number of carboxylic acid groups (broad SMARTS) is 1. The molecule has 1 atom stereocenters. The van der Waals surface area contributed by atoms with Crippen molar-refractivity contribution < 1.29 is 23.8 Å². The van der Waals surface area contributed by atoms with E-state index in [0.717, 1.165) is 0 Å². The van der Waals surface area contributed by atoms with Crippen molar-refractivity contribution in [2.75, 3.05) is 6.61 Å². The summed E-state index contributed by atoms with van der Waals surface area (Å²) >= 11 is 0. The number of halogens is 1. The molecule has 6 heteroatoms. The van der Waals surface area contributed by atoms with Crippen molar-refractivity contribution in [1.82, 2.24) is 5.32 Å². The summed E-state index contributed by atoms with van der Waals surface area (Å²) in [6.07, 6.45) is 2.01. The number of aliphatic carboxylic acids is 1. The normalized spacial score (nSPS) is 22.4. The lowest BCUT2D eigenvalue weighted by Crippen LogP contribution is -2.39. The van der Waals surface area contributed by atoms with Gasteiger partial charge in [0, 0.05) is 5.56 Å². The minimum atomic E-state index is -1.29. The molecule has 2 aliphatic rings. The number of ether oxygens (including phenoxy) is 1. The number of rotatable bonds is 3. The first-order chi connectivity index (χ1) is 10.0. The molecule has 0 aromatic heterocycles. The van der Waals surface area contributed by atoms with Crippen molar-refractivity contribution in [3.05, 3.63) is 29.6 Å². The van der Waals surface area contributed by atoms with Gasteiger partial charge >= 0.3 is 5.97 Å². The monoisotopic (exact) mass is 293 g/mol. The van der Waals surface area contributed by atoms with Gasteiger partial charge in [0.1, 0.15) is 17.0 Å². The lowest BCUT2D eigenvalue weighted by atomic mass is 9.99. The molecule has 0 spiro atoms. The molecule has 0 saturated heterocycles. The third-order valence-corrected chi connectivity index (χ3v) is 4.14. The summed E-state index contributed by atoms with van der Waals surface area (Å²) in [7, 11) is 0. The molecule has 1 aromatic rings. The van der Waals surface area contributed by atoms with Crippen molar-refractivity contribution in [3.63, 3.8) is 0 Å². The van der Waals surface area contributed by atoms with Crippen molar-refractivity contribution in [1.29, 1.82) is 0 Å². The van der Waals surface area contributed by atoms with Gasteiger partial charge in [-0.05, 0) is 43.9 Å². The first-order valence-corrected chi connectivity index (χ1v) is 6.99. The molecular weight excluding hydrogens is 277 g/mol. The summed E-state index contributed by atoms with van der Waals surface area (Å²) in [5.41, 5.74) is -0.720. The number of benzene rings is 1. The Balaban J connectivity index is 1.84. The van der Waals surface area contributed by atoms with Crippen LogP contribution in [0.25, 0.3) is 0 Å². The Morgan fingerprint density at radius 2 is 2.14 bits per heavy atom. The van der Waals surface area contributed by atoms with Gasteiger partial charge in [0.15, 0.2) is 0 Å². The number of fused-ring (bicyclic) bond motifs is 1. The highest BCUT2D eigenvalue weighted by atomic mass is 19.1. The fraction of sp³-hybridized carbons (Fsp3) is 0.467. The predicted molar refractivity (Wildman–Crippen MR) is 71.3 cm³/mol. The van der Waals surface area contributed by atoms with Gasteiger partial charge in [-0.1, -0.05) is 0 Å². The Labute approximate surface area is 121 Å². The number of carbonyl (C=O) groups excluding carboxylic acids is 1. The second kappa shape index (κ2) is 5.02. The molecular formula is C15H16FNO4. The molecule has 1 saturated carbocycles. The molecule has 0 radical (unpaired) electrons. The Morgan fingerprint density at radius 1 is 1.38 bits per heavy atom. The van der Waals surface area contributed by atoms with Crippen LogP contribution in [0.1, 0.15) is 37.3 Å². The number of hydrogen-bond acceptors (Lipinski definition) is 3. The summed E-state index contributed by atoms with van der Waals surface area (Å²) < 4.78 is 19.0. The Hall–Kier alpha value is -2.11. The minimum absolute atomic E-state index is 0.355. The zero-order valence-electron chi connectivity index (χ0n) is 11.4. The number of carboxylic acids is 1. The van der Waals surface area contributed by atoms with E-state index in [1.165, 1.54) is 12.1 Å². The van der Waals surface area contributed by atoms with Crippen molar-refractivity contribution >= 4 is 11.9 Å². The van der Waals surface area contributed by atoms with Gasteiger partial charge in [-0.2, -0.15) is 0 Å². The first-order valence-electron chi connectivity index (χ1n) is 6.99. The van der Waals surface area contributed by atoms with Crippen LogP contribution in [-0.2, 0) is 9.59 Å². The van der Waals surface area contributed by atoms with Crippen LogP contribution in [-0.4, -0.2) is 23.6 Å². The fourth-order valence-corrected chi connectivity index (χ4v) is 2.66. The highest BCUT2D eigenvalue weighted by molar-refractivity contribution is 6.05. The molecule has 1 aromatic carbocycles. The quantitative estimate of drug-likeness (QED) is 0.836. The highest BCUT2D eigenvalue weighted by Crippen LogP contribution is 2.47. The van der Waals surface area contributed by atoms with E-state index in [1.54, 1.807) is 6.07 Å². The van der Waals surface area contributed by atoms with Crippen LogP contribution in [0.5, 0.6) is 5.75 Å². The maximum Gasteiger partial charge on any atom is 0.319 e. The summed E-state index contributed by atoms with van der Waals surface area (Å²) in [6.45, 7) is 0.495. The van der Waals surface area contributed by atoms with E-state index in [2.05, 4.69) is 5.32 Å². The van der Waals surface area contributed by atoms with E-state index < -0.39 is 29.2 Å². The first kappa shape index (κ1) is 13.9. The largest absolute Gasteiger partial charge is 0.493 e. The Morgan fingerprint density at radius 3 is 2.81 bits per heavy atom. The summed E-state index contributed by atoms with van der Waals surface area (Å²) in [5.74, 6) is -1.45. The van der Waals surface area contributed by atoms with Gasteiger partial charge in [0.2, 0.25) is 5.91 Å². The zero-order chi connectivity index (χ0) is 15.0. The van der Waals surface area contributed by atoms with Crippen LogP contribution in [0.4, 0.5) is 4.39 Å². The summed E-state index contributed by atoms with van der Waals surface area (Å²) in [4.78, 5) is 23.4. The van der Waals surface area contributed by atoms with Crippen molar-refractivity contribution in [2.24, 2.45) is 5.41 Å². The molecule has 1 aliphatic carbocycles. The molecule has 5 nitrogen and oxygen atoms in total. The van der Waals surface area contributed by atoms with Gasteiger partial charge in [0.05, 0.1) is 12.6 Å². The van der Waals surface area contributed by atoms with Crippen LogP contribution in [0.2, 0.25) is 0 Å². The Kier molecular flexibility index (Phi) is 3.31. The molecule has 0 bridgehead atoms. The second-order valence-electron chi connectivity index (χ2n) is 5.59. The third-order valence-electron chi connectivity index (χ3n) is 4.14. The number of carbonyl (C=O) groups is 2. The van der Waals surface area contributed by atoms with Crippen LogP contribution < -0.4 is 10.1 Å². The highest BCUT2D eigenvalue weighted by Gasteiger charge is 2.57. The van der Waals surface area contributed by atoms with Crippen LogP contribution in [0, 0.1) is 11.2 Å². The summed E-state index contributed by atoms with van der Waals surface area (Å²) in [6, 6.07) is 3.77. The van der Waals surface area contributed by atoms with E-state index in [9.17, 15) is 14.0 Å². The minimum Gasteiger partial charge on any atom is -0.493 e. The van der Waals surface area contributed by atoms with E-state index in [-0.39, 0.29) is 0 Å². The number of hydrogen-bond donors (Lipinski definition) is 2. The molecule has 1 heterocycles. The molecule has 1 fully saturated rings. The van der Waals surface area contributed by atoms with Gasteiger partial charge < -0.3 is 15.2 Å². The van der Waals surface area contributed by atoms with Gasteiger partial charge in [-0.15, -0.1) is 0 Å². The smallest absolute Gasteiger partial charge is 0.319 e. The third kappa shape index (κ3) is 2.46. The van der Waals surface area contributed by atoms with Gasteiger partial charge in [-0.25, -0.2) is 4.39 Å². The van der Waals surface area contributed by atoms with E-state index in [4.69, 9.17) is 9.84 Å². The molecule has 3 rings (SSSR count). The van der Waals surface area contributed by atoms with Crippen molar-refractivity contribution in [3.8, 4) is 5.75 Å². The SMILES string of the molecule is O=C(O)C1(C(=O)NC2CCCOc3ccc(F)cc32)CC1. The van der Waals surface area contributed by atoms with Crippen LogP contribution in [0.15, 0.2) is 18.2 Å². The van der Waals surface area contributed by atoms with E-state index >= 15 is 0 Å². The maximum atomic E-state index is 13.5. The Bertz CT molecular complexity index is 597. The average molecular weight is 293 g/mol. The maximum absolute atomic E-state index is 13.5. The molecule has 1 amide bonds. The van der Waals surface area contributed by atoms with E-state index in [1.807, 2.05) is 0 Å². The van der Waals surface area contributed by atoms with Gasteiger partial charge in [-0.3, -0.25) is 9.59 Å². The van der Waals surface area contributed by atoms with Crippen molar-refractivity contribution in [2.45, 2.75) is 31.7 Å².